The molecule has 1 N–H and O–H groups in total. The average Bonchev–Trinajstić information content (AvgIpc) is 3.22. The molecule has 4 rings (SSSR count). The van der Waals surface area contributed by atoms with Crippen molar-refractivity contribution < 1.29 is 13.2 Å². The first kappa shape index (κ1) is 20.1. The summed E-state index contributed by atoms with van der Waals surface area (Å²) in [6, 6.07) is 13.4. The summed E-state index contributed by atoms with van der Waals surface area (Å²) in [6.45, 7) is 2.86. The highest BCUT2D eigenvalue weighted by molar-refractivity contribution is 7.89. The van der Waals surface area contributed by atoms with Gasteiger partial charge in [-0.05, 0) is 79.5 Å². The van der Waals surface area contributed by atoms with Crippen LogP contribution in [-0.4, -0.2) is 31.7 Å². The monoisotopic (exact) mass is 412 g/mol. The fraction of sp³-hybridized carbons (Fsp3) is 0.435. The molecule has 2 aromatic rings. The number of aryl methyl sites for hydroxylation is 3. The first-order valence-corrected chi connectivity index (χ1v) is 11.9. The Kier molecular flexibility index (Phi) is 5.74. The van der Waals surface area contributed by atoms with Crippen LogP contribution in [0.15, 0.2) is 47.4 Å². The van der Waals surface area contributed by atoms with E-state index in [4.69, 9.17) is 0 Å². The maximum Gasteiger partial charge on any atom is 0.243 e. The van der Waals surface area contributed by atoms with Gasteiger partial charge in [-0.25, -0.2) is 8.42 Å². The molecule has 0 aromatic heterocycles. The summed E-state index contributed by atoms with van der Waals surface area (Å²) in [5, 5.41) is 2.97. The maximum absolute atomic E-state index is 13.0. The molecule has 6 heteroatoms. The van der Waals surface area contributed by atoms with Gasteiger partial charge < -0.3 is 5.32 Å². The lowest BCUT2D eigenvalue weighted by Gasteiger charge is -2.30. The Morgan fingerprint density at radius 3 is 2.41 bits per heavy atom. The van der Waals surface area contributed by atoms with E-state index in [1.165, 1.54) is 15.4 Å². The number of carbonyl (C=O) groups is 1. The Morgan fingerprint density at radius 1 is 1.03 bits per heavy atom. The molecule has 0 atom stereocenters. The lowest BCUT2D eigenvalue weighted by Crippen LogP contribution is -2.41. The van der Waals surface area contributed by atoms with Gasteiger partial charge in [0.1, 0.15) is 0 Å². The smallest absolute Gasteiger partial charge is 0.243 e. The van der Waals surface area contributed by atoms with Crippen LogP contribution in [0.3, 0.4) is 0 Å². The van der Waals surface area contributed by atoms with Crippen LogP contribution in [0.4, 0.5) is 5.69 Å². The highest BCUT2D eigenvalue weighted by Crippen LogP contribution is 2.29. The molecule has 29 heavy (non-hydrogen) atoms. The van der Waals surface area contributed by atoms with Gasteiger partial charge in [0, 0.05) is 24.7 Å². The van der Waals surface area contributed by atoms with Gasteiger partial charge in [0.15, 0.2) is 0 Å². The summed E-state index contributed by atoms with van der Waals surface area (Å²) < 4.78 is 27.6. The summed E-state index contributed by atoms with van der Waals surface area (Å²) in [4.78, 5) is 13.0. The van der Waals surface area contributed by atoms with E-state index in [9.17, 15) is 13.2 Å². The topological polar surface area (TPSA) is 66.5 Å². The van der Waals surface area contributed by atoms with E-state index in [-0.39, 0.29) is 11.8 Å². The first-order chi connectivity index (χ1) is 14.0. The second-order valence-electron chi connectivity index (χ2n) is 8.00. The third-order valence-electron chi connectivity index (χ3n) is 6.16. The number of sulfonamides is 1. The quantitative estimate of drug-likeness (QED) is 0.813. The third-order valence-corrected chi connectivity index (χ3v) is 8.06. The largest absolute Gasteiger partial charge is 0.326 e. The molecule has 0 radical (unpaired) electrons. The van der Waals surface area contributed by atoms with Crippen LogP contribution in [-0.2, 0) is 34.1 Å². The van der Waals surface area contributed by atoms with Gasteiger partial charge in [-0.15, -0.1) is 0 Å². The number of nitrogens with one attached hydrogen (secondary N) is 1. The van der Waals surface area contributed by atoms with Gasteiger partial charge in [-0.2, -0.15) is 4.31 Å². The molecule has 154 valence electrons. The molecular weight excluding hydrogens is 384 g/mol. The van der Waals surface area contributed by atoms with Crippen molar-refractivity contribution in [2.24, 2.45) is 5.92 Å². The van der Waals surface area contributed by atoms with Crippen LogP contribution in [0.1, 0.15) is 42.9 Å². The van der Waals surface area contributed by atoms with Crippen LogP contribution in [0.2, 0.25) is 0 Å². The molecule has 2 aromatic carbocycles. The molecule has 1 aliphatic heterocycles. The number of hydrogen-bond donors (Lipinski definition) is 1. The second-order valence-corrected chi connectivity index (χ2v) is 9.94. The molecule has 1 amide bonds. The van der Waals surface area contributed by atoms with E-state index in [0.717, 1.165) is 36.9 Å². The van der Waals surface area contributed by atoms with Crippen LogP contribution >= 0.6 is 0 Å². The van der Waals surface area contributed by atoms with Gasteiger partial charge in [-0.3, -0.25) is 4.79 Å². The highest BCUT2D eigenvalue weighted by atomic mass is 32.2. The molecule has 1 fully saturated rings. The molecule has 1 heterocycles. The van der Waals surface area contributed by atoms with Crippen molar-refractivity contribution in [2.45, 2.75) is 50.3 Å². The molecular formula is C23H28N2O3S. The Labute approximate surface area is 173 Å². The van der Waals surface area contributed by atoms with E-state index in [2.05, 4.69) is 12.2 Å². The molecule has 2 aliphatic rings. The van der Waals surface area contributed by atoms with E-state index in [1.54, 1.807) is 6.07 Å². The molecule has 1 aliphatic carbocycles. The predicted octanol–water partition coefficient (Wildman–Crippen LogP) is 3.78. The maximum atomic E-state index is 13.0. The van der Waals surface area contributed by atoms with Crippen molar-refractivity contribution in [3.05, 3.63) is 59.2 Å². The molecule has 0 unspecified atom stereocenters. The summed E-state index contributed by atoms with van der Waals surface area (Å²) in [5.74, 6) is -0.184. The lowest BCUT2D eigenvalue weighted by molar-refractivity contribution is -0.120. The van der Waals surface area contributed by atoms with E-state index < -0.39 is 10.0 Å². The van der Waals surface area contributed by atoms with Gasteiger partial charge in [-0.1, -0.05) is 25.1 Å². The number of anilines is 1. The molecule has 1 saturated heterocycles. The molecule has 0 spiro atoms. The molecule has 0 saturated carbocycles. The van der Waals surface area contributed by atoms with Gasteiger partial charge in [0.05, 0.1) is 4.90 Å². The number of rotatable bonds is 5. The lowest BCUT2D eigenvalue weighted by atomic mass is 9.97. The number of amides is 1. The summed E-state index contributed by atoms with van der Waals surface area (Å²) in [6.07, 6.45) is 5.15. The van der Waals surface area contributed by atoms with E-state index in [1.807, 2.05) is 36.4 Å². The zero-order chi connectivity index (χ0) is 20.4. The van der Waals surface area contributed by atoms with E-state index in [0.29, 0.717) is 30.8 Å². The fourth-order valence-corrected chi connectivity index (χ4v) is 5.81. The Morgan fingerprint density at radius 2 is 1.72 bits per heavy atom. The van der Waals surface area contributed by atoms with Crippen LogP contribution in [0.5, 0.6) is 0 Å². The van der Waals surface area contributed by atoms with Gasteiger partial charge >= 0.3 is 0 Å². The standard InChI is InChI=1S/C23H28N2O3S/c1-2-17-6-9-21(10-7-17)24-23(26)19-12-14-25(15-13-19)29(27,28)22-11-8-18-4-3-5-20(18)16-22/h6-11,16,19H,2-5,12-15H2,1H3,(H,24,26). The highest BCUT2D eigenvalue weighted by Gasteiger charge is 2.32. The third kappa shape index (κ3) is 4.23. The number of carbonyl (C=O) groups excluding carboxylic acids is 1. The van der Waals surface area contributed by atoms with Gasteiger partial charge in [0.2, 0.25) is 15.9 Å². The minimum Gasteiger partial charge on any atom is -0.326 e. The summed E-state index contributed by atoms with van der Waals surface area (Å²) in [7, 11) is -3.50. The van der Waals surface area contributed by atoms with Crippen LogP contribution < -0.4 is 5.32 Å². The second kappa shape index (κ2) is 8.28. The summed E-state index contributed by atoms with van der Waals surface area (Å²) in [5.41, 5.74) is 4.45. The number of nitrogens with zero attached hydrogens (tertiary/aromatic N) is 1. The zero-order valence-electron chi connectivity index (χ0n) is 16.9. The Hall–Kier alpha value is -2.18. The average molecular weight is 413 g/mol. The molecule has 5 nitrogen and oxygen atoms in total. The van der Waals surface area contributed by atoms with E-state index >= 15 is 0 Å². The first-order valence-electron chi connectivity index (χ1n) is 10.5. The summed E-state index contributed by atoms with van der Waals surface area (Å²) >= 11 is 0. The Balaban J connectivity index is 1.37. The molecule has 0 bridgehead atoms. The zero-order valence-corrected chi connectivity index (χ0v) is 17.7. The SMILES string of the molecule is CCc1ccc(NC(=O)C2CCN(S(=O)(=O)c3ccc4c(c3)CCC4)CC2)cc1. The normalized spacial score (nSPS) is 17.8. The number of hydrogen-bond acceptors (Lipinski definition) is 3. The predicted molar refractivity (Wildman–Crippen MR) is 114 cm³/mol. The van der Waals surface area contributed by atoms with Crippen LogP contribution in [0.25, 0.3) is 0 Å². The van der Waals surface area contributed by atoms with Crippen molar-refractivity contribution in [3.63, 3.8) is 0 Å². The van der Waals surface area contributed by atoms with Crippen molar-refractivity contribution in [1.29, 1.82) is 0 Å². The number of piperidine rings is 1. The van der Waals surface area contributed by atoms with Crippen LogP contribution in [0, 0.1) is 5.92 Å². The van der Waals surface area contributed by atoms with Crippen molar-refractivity contribution in [1.82, 2.24) is 4.31 Å². The van der Waals surface area contributed by atoms with Crippen molar-refractivity contribution >= 4 is 21.6 Å². The van der Waals surface area contributed by atoms with Gasteiger partial charge in [0.25, 0.3) is 0 Å². The van der Waals surface area contributed by atoms with Crippen molar-refractivity contribution in [2.75, 3.05) is 18.4 Å². The number of benzene rings is 2. The minimum absolute atomic E-state index is 0.0242. The number of fused-ring (bicyclic) bond motifs is 1. The minimum atomic E-state index is -3.50. The van der Waals surface area contributed by atoms with Crippen molar-refractivity contribution in [3.8, 4) is 0 Å². The Bertz CT molecular complexity index is 991. The fourth-order valence-electron chi connectivity index (χ4n) is 4.28.